The van der Waals surface area contributed by atoms with E-state index < -0.39 is 22.5 Å². The van der Waals surface area contributed by atoms with Gasteiger partial charge < -0.3 is 9.88 Å². The summed E-state index contributed by atoms with van der Waals surface area (Å²) >= 11 is 9.62. The van der Waals surface area contributed by atoms with Crippen molar-refractivity contribution < 1.29 is 18.2 Å². The van der Waals surface area contributed by atoms with Gasteiger partial charge in [0.25, 0.3) is 5.91 Å². The Morgan fingerprint density at radius 3 is 2.49 bits per heavy atom. The van der Waals surface area contributed by atoms with Crippen molar-refractivity contribution in [1.82, 2.24) is 15.0 Å². The highest BCUT2D eigenvalue weighted by Crippen LogP contribution is 2.34. The first-order chi connectivity index (χ1) is 18.8. The van der Waals surface area contributed by atoms with Crippen molar-refractivity contribution >= 4 is 66.6 Å². The maximum Gasteiger partial charge on any atom is 0.277 e. The number of rotatable bonds is 9. The minimum atomic E-state index is -1.16. The molecule has 0 aliphatic heterocycles. The maximum atomic E-state index is 15.4. The molecule has 1 unspecified atom stereocenters. The van der Waals surface area contributed by atoms with E-state index in [1.165, 1.54) is 12.4 Å². The van der Waals surface area contributed by atoms with Crippen molar-refractivity contribution in [2.24, 2.45) is 7.05 Å². The summed E-state index contributed by atoms with van der Waals surface area (Å²) in [5.41, 5.74) is 3.27. The molecule has 0 aliphatic carbocycles. The number of benzene rings is 3. The molecular weight excluding hydrogens is 607 g/mol. The molecular formula is C28H33BrClFN4O3S. The number of amides is 1. The van der Waals surface area contributed by atoms with Gasteiger partial charge in [-0.1, -0.05) is 73.4 Å². The fourth-order valence-corrected chi connectivity index (χ4v) is 5.17. The molecule has 0 radical (unpaired) electrons. The number of carbonyl (C=O) groups excluding carboxylic acids is 1. The van der Waals surface area contributed by atoms with Crippen LogP contribution < -0.4 is 10.8 Å². The number of fused-ring (bicyclic) bond motifs is 1. The van der Waals surface area contributed by atoms with Crippen LogP contribution in [0.2, 0.25) is 5.02 Å². The number of aromatic nitrogens is 2. The first kappa shape index (κ1) is 32.4. The number of hydrogen-bond acceptors (Lipinski definition) is 5. The average molecular weight is 640 g/mol. The lowest BCUT2D eigenvalue weighted by Gasteiger charge is -2.15. The first-order valence-electron chi connectivity index (χ1n) is 12.6. The third kappa shape index (κ3) is 8.60. The highest BCUT2D eigenvalue weighted by Gasteiger charge is 2.22. The van der Waals surface area contributed by atoms with Crippen molar-refractivity contribution in [2.45, 2.75) is 39.0 Å². The standard InChI is InChI=1S/C24H21BrClFN4O3S.2C2H6/c1-31-14-28-23-20(31)13-17(22(21(23)27)29-19-9-8-15(25)12-18(19)26)24(32)30-34-10-5-11-35(33)16-6-3-2-4-7-16;2*1-2/h2-4,6-9,12-14,29H,5,10-11H2,1H3,(H,30,32);2*1-2H3. The van der Waals surface area contributed by atoms with Gasteiger partial charge in [0, 0.05) is 22.2 Å². The van der Waals surface area contributed by atoms with E-state index >= 15 is 4.39 Å². The van der Waals surface area contributed by atoms with E-state index in [2.05, 4.69) is 31.7 Å². The molecule has 1 amide bonds. The minimum absolute atomic E-state index is 0.0189. The van der Waals surface area contributed by atoms with Gasteiger partial charge in [-0.3, -0.25) is 13.8 Å². The SMILES string of the molecule is CC.CC.Cn1cnc2c(F)c(Nc3ccc(Br)cc3Cl)c(C(=O)NOCCCS(=O)c3ccccc3)cc21. The van der Waals surface area contributed by atoms with E-state index in [0.717, 1.165) is 9.37 Å². The van der Waals surface area contributed by atoms with Crippen LogP contribution in [-0.4, -0.2) is 32.0 Å². The Bertz CT molecular complexity index is 1400. The second kappa shape index (κ2) is 16.3. The molecule has 0 spiro atoms. The molecule has 4 rings (SSSR count). The smallest absolute Gasteiger partial charge is 0.277 e. The van der Waals surface area contributed by atoms with Crippen LogP contribution in [0.4, 0.5) is 15.8 Å². The number of hydrogen-bond donors (Lipinski definition) is 2. The minimum Gasteiger partial charge on any atom is -0.351 e. The summed E-state index contributed by atoms with van der Waals surface area (Å²) in [5.74, 6) is -0.956. The summed E-state index contributed by atoms with van der Waals surface area (Å²) in [6, 6.07) is 15.7. The Morgan fingerprint density at radius 1 is 1.13 bits per heavy atom. The number of halogens is 3. The number of nitrogens with one attached hydrogen (secondary N) is 2. The Balaban J connectivity index is 0.00000127. The third-order valence-corrected chi connectivity index (χ3v) is 7.41. The number of aryl methyl sites for hydroxylation is 1. The second-order valence-electron chi connectivity index (χ2n) is 7.58. The van der Waals surface area contributed by atoms with Gasteiger partial charge in [-0.25, -0.2) is 14.9 Å². The number of imidazole rings is 1. The van der Waals surface area contributed by atoms with E-state index in [9.17, 15) is 9.00 Å². The van der Waals surface area contributed by atoms with Gasteiger partial charge >= 0.3 is 0 Å². The normalized spacial score (nSPS) is 11.1. The molecule has 1 heterocycles. The Morgan fingerprint density at radius 2 is 1.82 bits per heavy atom. The number of nitrogens with zero attached hydrogens (tertiary/aromatic N) is 2. The van der Waals surface area contributed by atoms with Gasteiger partial charge in [-0.15, -0.1) is 0 Å². The monoisotopic (exact) mass is 638 g/mol. The zero-order chi connectivity index (χ0) is 28.9. The molecule has 39 heavy (non-hydrogen) atoms. The molecule has 0 saturated carbocycles. The summed E-state index contributed by atoms with van der Waals surface area (Å²) < 4.78 is 30.1. The summed E-state index contributed by atoms with van der Waals surface area (Å²) in [6.45, 7) is 8.14. The van der Waals surface area contributed by atoms with E-state index in [1.807, 2.05) is 45.9 Å². The Hall–Kier alpha value is -2.79. The van der Waals surface area contributed by atoms with Crippen molar-refractivity contribution in [1.29, 1.82) is 0 Å². The largest absolute Gasteiger partial charge is 0.351 e. The van der Waals surface area contributed by atoms with Crippen LogP contribution in [0.15, 0.2) is 70.3 Å². The molecule has 11 heteroatoms. The predicted molar refractivity (Wildman–Crippen MR) is 162 cm³/mol. The molecule has 0 aliphatic rings. The van der Waals surface area contributed by atoms with Crippen LogP contribution in [0.5, 0.6) is 0 Å². The van der Waals surface area contributed by atoms with Gasteiger partial charge in [0.15, 0.2) is 5.82 Å². The first-order valence-corrected chi connectivity index (χ1v) is 15.1. The quantitative estimate of drug-likeness (QED) is 0.144. The average Bonchev–Trinajstić information content (AvgIpc) is 3.34. The molecule has 1 atom stereocenters. The predicted octanol–water partition coefficient (Wildman–Crippen LogP) is 7.78. The van der Waals surface area contributed by atoms with Crippen molar-refractivity contribution in [3.8, 4) is 0 Å². The van der Waals surface area contributed by atoms with E-state index in [4.69, 9.17) is 16.4 Å². The molecule has 7 nitrogen and oxygen atoms in total. The number of carbonyl (C=O) groups is 1. The maximum absolute atomic E-state index is 15.4. The molecule has 0 bridgehead atoms. The van der Waals surface area contributed by atoms with Crippen molar-refractivity contribution in [2.75, 3.05) is 17.7 Å². The van der Waals surface area contributed by atoms with Crippen LogP contribution in [0, 0.1) is 5.82 Å². The number of hydroxylamine groups is 1. The lowest BCUT2D eigenvalue weighted by atomic mass is 10.1. The van der Waals surface area contributed by atoms with Crippen LogP contribution in [0.25, 0.3) is 11.0 Å². The molecule has 0 saturated heterocycles. The van der Waals surface area contributed by atoms with Gasteiger partial charge in [-0.2, -0.15) is 0 Å². The van der Waals surface area contributed by atoms with Crippen molar-refractivity contribution in [3.05, 3.63) is 81.8 Å². The lowest BCUT2D eigenvalue weighted by Crippen LogP contribution is -2.26. The van der Waals surface area contributed by atoms with Gasteiger partial charge in [0.1, 0.15) is 5.52 Å². The number of anilines is 2. The lowest BCUT2D eigenvalue weighted by molar-refractivity contribution is 0.0318. The summed E-state index contributed by atoms with van der Waals surface area (Å²) in [6.07, 6.45) is 1.92. The molecule has 1 aromatic heterocycles. The van der Waals surface area contributed by atoms with Gasteiger partial charge in [0.2, 0.25) is 0 Å². The molecule has 210 valence electrons. The van der Waals surface area contributed by atoms with E-state index in [-0.39, 0.29) is 23.4 Å². The third-order valence-electron chi connectivity index (χ3n) is 5.14. The molecule has 4 aromatic rings. The summed E-state index contributed by atoms with van der Waals surface area (Å²) in [7, 11) is 0.548. The van der Waals surface area contributed by atoms with Crippen LogP contribution in [0.1, 0.15) is 44.5 Å². The Labute approximate surface area is 244 Å². The Kier molecular flexibility index (Phi) is 13.6. The summed E-state index contributed by atoms with van der Waals surface area (Å²) in [4.78, 5) is 23.1. The zero-order valence-corrected chi connectivity index (χ0v) is 25.7. The van der Waals surface area contributed by atoms with E-state index in [0.29, 0.717) is 28.4 Å². The zero-order valence-electron chi connectivity index (χ0n) is 22.6. The topological polar surface area (TPSA) is 85.2 Å². The molecule has 2 N–H and O–H groups in total. The van der Waals surface area contributed by atoms with Crippen LogP contribution in [-0.2, 0) is 22.7 Å². The molecule has 0 fully saturated rings. The van der Waals surface area contributed by atoms with Crippen LogP contribution in [0.3, 0.4) is 0 Å². The van der Waals surface area contributed by atoms with Crippen LogP contribution >= 0.6 is 27.5 Å². The fraction of sp³-hybridized carbons (Fsp3) is 0.286. The van der Waals surface area contributed by atoms with Gasteiger partial charge in [-0.05, 0) is 42.8 Å². The van der Waals surface area contributed by atoms with Crippen molar-refractivity contribution in [3.63, 3.8) is 0 Å². The highest BCUT2D eigenvalue weighted by molar-refractivity contribution is 9.10. The molecule has 3 aromatic carbocycles. The van der Waals surface area contributed by atoms with E-state index in [1.54, 1.807) is 41.9 Å². The van der Waals surface area contributed by atoms with Gasteiger partial charge in [0.05, 0.1) is 51.2 Å². The fourth-order valence-electron chi connectivity index (χ4n) is 3.38. The summed E-state index contributed by atoms with van der Waals surface area (Å²) in [5, 5.41) is 3.26. The highest BCUT2D eigenvalue weighted by atomic mass is 79.9. The second-order valence-corrected chi connectivity index (χ2v) is 10.5.